The van der Waals surface area contributed by atoms with Gasteiger partial charge in [0.1, 0.15) is 4.33 Å². The molecule has 2 fully saturated rings. The van der Waals surface area contributed by atoms with Crippen molar-refractivity contribution >= 4 is 52.3 Å². The van der Waals surface area contributed by atoms with Crippen molar-refractivity contribution in [2.45, 2.75) is 43.1 Å². The minimum absolute atomic E-state index is 0.0320. The van der Waals surface area contributed by atoms with E-state index in [4.69, 9.17) is 46.4 Å². The predicted octanol–water partition coefficient (Wildman–Crippen LogP) is 4.66. The average molecular weight is 410 g/mol. The van der Waals surface area contributed by atoms with E-state index < -0.39 is 9.75 Å². The van der Waals surface area contributed by atoms with Crippen LogP contribution in [0.25, 0.3) is 0 Å². The Morgan fingerprint density at radius 2 is 1.88 bits per heavy atom. The molecular formula is C17H20Cl4N2O. The molecule has 3 nitrogen and oxygen atoms in total. The Hall–Kier alpha value is -0.190. The smallest absolute Gasteiger partial charge is 0.229 e. The minimum atomic E-state index is -0.911. The Bertz CT molecular complexity index is 643. The number of amides is 1. The van der Waals surface area contributed by atoms with Crippen LogP contribution < -0.4 is 5.32 Å². The van der Waals surface area contributed by atoms with Crippen LogP contribution in [0.4, 0.5) is 0 Å². The van der Waals surface area contributed by atoms with E-state index in [0.717, 1.165) is 38.0 Å². The largest absolute Gasteiger partial charge is 0.353 e. The van der Waals surface area contributed by atoms with Gasteiger partial charge in [0.2, 0.25) is 5.91 Å². The summed E-state index contributed by atoms with van der Waals surface area (Å²) in [6.45, 7) is 4.51. The molecule has 1 heterocycles. The maximum absolute atomic E-state index is 12.3. The molecule has 2 aliphatic rings. The van der Waals surface area contributed by atoms with Crippen LogP contribution in [0.5, 0.6) is 0 Å². The number of piperidine rings is 1. The molecule has 1 saturated carbocycles. The van der Waals surface area contributed by atoms with Gasteiger partial charge in [0.15, 0.2) is 0 Å². The topological polar surface area (TPSA) is 32.3 Å². The fourth-order valence-corrected chi connectivity index (χ4v) is 4.15. The number of alkyl halides is 2. The summed E-state index contributed by atoms with van der Waals surface area (Å²) in [6.07, 6.45) is 2.35. The molecule has 24 heavy (non-hydrogen) atoms. The molecule has 7 heteroatoms. The van der Waals surface area contributed by atoms with Gasteiger partial charge in [-0.05, 0) is 43.9 Å². The van der Waals surface area contributed by atoms with Gasteiger partial charge in [-0.25, -0.2) is 0 Å². The van der Waals surface area contributed by atoms with E-state index >= 15 is 0 Å². The second-order valence-electron chi connectivity index (χ2n) is 6.99. The zero-order valence-electron chi connectivity index (χ0n) is 13.4. The molecule has 1 N–H and O–H groups in total. The lowest BCUT2D eigenvalue weighted by Gasteiger charge is -2.33. The number of rotatable bonds is 4. The van der Waals surface area contributed by atoms with Crippen LogP contribution in [0, 0.1) is 5.41 Å². The van der Waals surface area contributed by atoms with E-state index in [-0.39, 0.29) is 11.9 Å². The van der Waals surface area contributed by atoms with Crippen LogP contribution in [0.2, 0.25) is 10.0 Å². The molecule has 0 radical (unpaired) electrons. The van der Waals surface area contributed by atoms with Crippen molar-refractivity contribution in [3.05, 3.63) is 33.8 Å². The molecule has 1 amide bonds. The van der Waals surface area contributed by atoms with Gasteiger partial charge >= 0.3 is 0 Å². The number of nitrogens with zero attached hydrogens (tertiary/aromatic N) is 1. The zero-order valence-corrected chi connectivity index (χ0v) is 16.4. The molecule has 3 rings (SSSR count). The van der Waals surface area contributed by atoms with Gasteiger partial charge in [-0.2, -0.15) is 0 Å². The predicted molar refractivity (Wildman–Crippen MR) is 100 cm³/mol. The lowest BCUT2D eigenvalue weighted by Crippen LogP contribution is -2.46. The molecule has 1 atom stereocenters. The van der Waals surface area contributed by atoms with Crippen molar-refractivity contribution in [2.75, 3.05) is 13.1 Å². The van der Waals surface area contributed by atoms with Crippen LogP contribution in [0.1, 0.15) is 31.7 Å². The van der Waals surface area contributed by atoms with Gasteiger partial charge in [0.05, 0.1) is 15.5 Å². The van der Waals surface area contributed by atoms with Crippen LogP contribution in [-0.4, -0.2) is 34.3 Å². The molecule has 0 bridgehead atoms. The highest BCUT2D eigenvalue weighted by atomic mass is 35.5. The summed E-state index contributed by atoms with van der Waals surface area (Å²) in [6, 6.07) is 5.92. The lowest BCUT2D eigenvalue weighted by atomic mass is 10.0. The fourth-order valence-electron chi connectivity index (χ4n) is 3.12. The maximum Gasteiger partial charge on any atom is 0.229 e. The standard InChI is InChI=1S/C17H20Cl4N2O/c1-16(10-17(16,20)21)15(24)22-12-4-6-23(7-5-12)9-11-2-3-13(18)14(19)8-11/h2-3,8,12H,4-7,9-10H2,1H3,(H,22,24). The lowest BCUT2D eigenvalue weighted by molar-refractivity contribution is -0.126. The monoisotopic (exact) mass is 408 g/mol. The Labute approximate surface area is 162 Å². The van der Waals surface area contributed by atoms with Crippen molar-refractivity contribution < 1.29 is 4.79 Å². The normalized spacial score (nSPS) is 27.0. The Morgan fingerprint density at radius 3 is 2.42 bits per heavy atom. The number of likely N-dealkylation sites (tertiary alicyclic amines) is 1. The van der Waals surface area contributed by atoms with Gasteiger partial charge in [0.25, 0.3) is 0 Å². The Kier molecular flexibility index (Phi) is 5.30. The number of hydrogen-bond acceptors (Lipinski definition) is 2. The number of halogens is 4. The summed E-state index contributed by atoms with van der Waals surface area (Å²) >= 11 is 24.2. The highest BCUT2D eigenvalue weighted by Crippen LogP contribution is 2.63. The van der Waals surface area contributed by atoms with Gasteiger partial charge in [-0.3, -0.25) is 9.69 Å². The molecule has 0 aromatic heterocycles. The summed E-state index contributed by atoms with van der Waals surface area (Å²) in [5.41, 5.74) is 0.499. The van der Waals surface area contributed by atoms with Gasteiger partial charge in [-0.15, -0.1) is 23.2 Å². The number of carbonyl (C=O) groups is 1. The van der Waals surface area contributed by atoms with Crippen LogP contribution in [0.15, 0.2) is 18.2 Å². The van der Waals surface area contributed by atoms with Gasteiger partial charge in [0, 0.05) is 25.7 Å². The highest BCUT2D eigenvalue weighted by Gasteiger charge is 2.68. The average Bonchev–Trinajstić information content (AvgIpc) is 3.05. The first-order valence-corrected chi connectivity index (χ1v) is 9.57. The van der Waals surface area contributed by atoms with E-state index in [1.807, 2.05) is 25.1 Å². The van der Waals surface area contributed by atoms with E-state index in [9.17, 15) is 4.79 Å². The molecule has 1 aliphatic heterocycles. The third-order valence-corrected chi connectivity index (χ3v) is 6.91. The second-order valence-corrected chi connectivity index (χ2v) is 9.28. The summed E-state index contributed by atoms with van der Waals surface area (Å²) in [4.78, 5) is 14.7. The Morgan fingerprint density at radius 1 is 1.25 bits per heavy atom. The molecule has 1 aromatic rings. The maximum atomic E-state index is 12.3. The minimum Gasteiger partial charge on any atom is -0.353 e. The van der Waals surface area contributed by atoms with Crippen molar-refractivity contribution in [1.29, 1.82) is 0 Å². The molecule has 132 valence electrons. The summed E-state index contributed by atoms with van der Waals surface area (Å²) in [7, 11) is 0. The summed E-state index contributed by atoms with van der Waals surface area (Å²) in [5.74, 6) is -0.0320. The summed E-state index contributed by atoms with van der Waals surface area (Å²) in [5, 5.41) is 4.26. The number of hydrogen-bond donors (Lipinski definition) is 1. The van der Waals surface area contributed by atoms with Crippen molar-refractivity contribution in [1.82, 2.24) is 10.2 Å². The third-order valence-electron chi connectivity index (χ3n) is 5.07. The first kappa shape index (κ1) is 18.6. The second kappa shape index (κ2) is 6.85. The first-order chi connectivity index (χ1) is 11.2. The number of benzene rings is 1. The SMILES string of the molecule is CC1(C(=O)NC2CCN(Cc3ccc(Cl)c(Cl)c3)CC2)CC1(Cl)Cl. The third kappa shape index (κ3) is 3.81. The van der Waals surface area contributed by atoms with Crippen LogP contribution in [0.3, 0.4) is 0 Å². The van der Waals surface area contributed by atoms with Crippen molar-refractivity contribution in [3.8, 4) is 0 Å². The van der Waals surface area contributed by atoms with E-state index in [0.29, 0.717) is 16.5 Å². The van der Waals surface area contributed by atoms with Crippen LogP contribution >= 0.6 is 46.4 Å². The van der Waals surface area contributed by atoms with E-state index in [1.54, 1.807) is 0 Å². The van der Waals surface area contributed by atoms with Gasteiger partial charge in [-0.1, -0.05) is 29.3 Å². The van der Waals surface area contributed by atoms with Gasteiger partial charge < -0.3 is 5.32 Å². The molecule has 1 aliphatic carbocycles. The number of nitrogens with one attached hydrogen (secondary N) is 1. The highest BCUT2D eigenvalue weighted by molar-refractivity contribution is 6.53. The Balaban J connectivity index is 1.47. The van der Waals surface area contributed by atoms with E-state index in [2.05, 4.69) is 10.2 Å². The summed E-state index contributed by atoms with van der Waals surface area (Å²) < 4.78 is -0.911. The fraction of sp³-hybridized carbons (Fsp3) is 0.588. The quantitative estimate of drug-likeness (QED) is 0.733. The molecule has 0 spiro atoms. The number of carbonyl (C=O) groups excluding carboxylic acids is 1. The molecule has 1 aromatic carbocycles. The van der Waals surface area contributed by atoms with Crippen LogP contribution in [-0.2, 0) is 11.3 Å². The zero-order chi connectivity index (χ0) is 17.5. The molecule has 1 unspecified atom stereocenters. The molecule has 1 saturated heterocycles. The van der Waals surface area contributed by atoms with E-state index in [1.165, 1.54) is 0 Å². The van der Waals surface area contributed by atoms with Crippen molar-refractivity contribution in [2.24, 2.45) is 5.41 Å². The van der Waals surface area contributed by atoms with Crippen molar-refractivity contribution in [3.63, 3.8) is 0 Å². The molecular weight excluding hydrogens is 390 g/mol. The first-order valence-electron chi connectivity index (χ1n) is 8.06.